The van der Waals surface area contributed by atoms with Gasteiger partial charge in [0.2, 0.25) is 5.78 Å². The maximum atomic E-state index is 14.5. The zero-order valence-electron chi connectivity index (χ0n) is 17.6. The van der Waals surface area contributed by atoms with Crippen molar-refractivity contribution in [2.24, 2.45) is 7.05 Å². The highest BCUT2D eigenvalue weighted by Gasteiger charge is 2.21. The second-order valence-corrected chi connectivity index (χ2v) is 7.58. The quantitative estimate of drug-likeness (QED) is 0.440. The van der Waals surface area contributed by atoms with Crippen LogP contribution < -0.4 is 11.2 Å². The van der Waals surface area contributed by atoms with Gasteiger partial charge < -0.3 is 0 Å². The Balaban J connectivity index is 1.71. The van der Waals surface area contributed by atoms with E-state index < -0.39 is 17.1 Å². The smallest absolute Gasteiger partial charge is 0.280 e. The first-order valence-electron chi connectivity index (χ1n) is 10.1. The van der Waals surface area contributed by atoms with Gasteiger partial charge in [-0.3, -0.25) is 22.9 Å². The average molecular weight is 429 g/mol. The summed E-state index contributed by atoms with van der Waals surface area (Å²) in [5, 5.41) is 0. The minimum atomic E-state index is -0.463. The molecule has 2 aromatic carbocycles. The molecular formula is C24H20FN5O2. The molecule has 32 heavy (non-hydrogen) atoms. The molecule has 0 aliphatic carbocycles. The number of rotatable bonds is 4. The van der Waals surface area contributed by atoms with Crippen molar-refractivity contribution in [2.45, 2.75) is 13.5 Å². The molecule has 5 rings (SSSR count). The van der Waals surface area contributed by atoms with Gasteiger partial charge in [-0.15, -0.1) is 0 Å². The molecule has 8 heteroatoms. The minimum absolute atomic E-state index is 0.122. The summed E-state index contributed by atoms with van der Waals surface area (Å²) >= 11 is 0. The van der Waals surface area contributed by atoms with Crippen molar-refractivity contribution < 1.29 is 4.39 Å². The Morgan fingerprint density at radius 2 is 1.75 bits per heavy atom. The van der Waals surface area contributed by atoms with Crippen molar-refractivity contribution in [3.8, 4) is 5.69 Å². The number of aromatic nitrogens is 5. The van der Waals surface area contributed by atoms with E-state index in [1.807, 2.05) is 43.3 Å². The SMILES string of the molecule is Cc1cn2c3c(=O)n(C/C=C/c4ccccc4)c(=O)n(C)c3nc2n1-c1ccccc1F. The molecule has 0 N–H and O–H groups in total. The van der Waals surface area contributed by atoms with Crippen molar-refractivity contribution >= 4 is 23.0 Å². The molecule has 3 heterocycles. The Labute approximate surface area is 181 Å². The van der Waals surface area contributed by atoms with E-state index in [-0.39, 0.29) is 17.7 Å². The van der Waals surface area contributed by atoms with Gasteiger partial charge in [0, 0.05) is 25.5 Å². The normalized spacial score (nSPS) is 11.8. The fraction of sp³-hybridized carbons (Fsp3) is 0.125. The fourth-order valence-corrected chi connectivity index (χ4v) is 3.96. The Morgan fingerprint density at radius 3 is 2.50 bits per heavy atom. The fourth-order valence-electron chi connectivity index (χ4n) is 3.96. The maximum Gasteiger partial charge on any atom is 0.332 e. The number of fused-ring (bicyclic) bond motifs is 3. The molecule has 0 bridgehead atoms. The number of halogens is 1. The molecule has 0 saturated carbocycles. The summed E-state index contributed by atoms with van der Waals surface area (Å²) in [5.74, 6) is -0.0367. The minimum Gasteiger partial charge on any atom is -0.280 e. The van der Waals surface area contributed by atoms with Crippen molar-refractivity contribution in [3.63, 3.8) is 0 Å². The molecule has 5 aromatic rings. The third-order valence-corrected chi connectivity index (χ3v) is 5.52. The van der Waals surface area contributed by atoms with Crippen LogP contribution in [0.2, 0.25) is 0 Å². The number of imidazole rings is 2. The molecule has 0 spiro atoms. The lowest BCUT2D eigenvalue weighted by Gasteiger charge is -2.07. The van der Waals surface area contributed by atoms with Crippen LogP contribution in [0, 0.1) is 12.7 Å². The Hall–Kier alpha value is -4.20. The molecule has 0 unspecified atom stereocenters. The van der Waals surface area contributed by atoms with Crippen LogP contribution in [0.1, 0.15) is 11.3 Å². The summed E-state index contributed by atoms with van der Waals surface area (Å²) in [4.78, 5) is 30.7. The van der Waals surface area contributed by atoms with Crippen LogP contribution in [-0.2, 0) is 13.6 Å². The first-order valence-corrected chi connectivity index (χ1v) is 10.1. The third kappa shape index (κ3) is 2.99. The van der Waals surface area contributed by atoms with Gasteiger partial charge in [0.1, 0.15) is 5.82 Å². The van der Waals surface area contributed by atoms with Crippen LogP contribution >= 0.6 is 0 Å². The van der Waals surface area contributed by atoms with Gasteiger partial charge in [-0.1, -0.05) is 54.6 Å². The lowest BCUT2D eigenvalue weighted by Crippen LogP contribution is -2.39. The molecular weight excluding hydrogens is 409 g/mol. The predicted octanol–water partition coefficient (Wildman–Crippen LogP) is 3.30. The summed E-state index contributed by atoms with van der Waals surface area (Å²) in [6.07, 6.45) is 5.37. The van der Waals surface area contributed by atoms with Crippen molar-refractivity contribution in [1.82, 2.24) is 23.1 Å². The Kier molecular flexibility index (Phi) is 4.62. The van der Waals surface area contributed by atoms with E-state index in [0.29, 0.717) is 17.2 Å². The van der Waals surface area contributed by atoms with E-state index >= 15 is 0 Å². The summed E-state index contributed by atoms with van der Waals surface area (Å²) in [5.41, 5.74) is 1.63. The van der Waals surface area contributed by atoms with E-state index in [4.69, 9.17) is 0 Å². The standard InChI is InChI=1S/C24H20FN5O2/c1-16-15-29-20-21(26-23(29)30(16)19-13-7-6-12-18(19)25)27(2)24(32)28(22(20)31)14-8-11-17-9-4-3-5-10-17/h3-13,15H,14H2,1-2H3/b11-8+. The molecule has 0 fully saturated rings. The second-order valence-electron chi connectivity index (χ2n) is 7.58. The summed E-state index contributed by atoms with van der Waals surface area (Å²) in [6, 6.07) is 16.0. The van der Waals surface area contributed by atoms with Gasteiger partial charge in [0.25, 0.3) is 5.56 Å². The van der Waals surface area contributed by atoms with Crippen molar-refractivity contribution in [2.75, 3.05) is 0 Å². The maximum absolute atomic E-state index is 14.5. The topological polar surface area (TPSA) is 66.2 Å². The predicted molar refractivity (Wildman–Crippen MR) is 122 cm³/mol. The molecule has 0 radical (unpaired) electrons. The van der Waals surface area contributed by atoms with Gasteiger partial charge >= 0.3 is 5.69 Å². The highest BCUT2D eigenvalue weighted by molar-refractivity contribution is 5.76. The monoisotopic (exact) mass is 429 g/mol. The number of hydrogen-bond donors (Lipinski definition) is 0. The van der Waals surface area contributed by atoms with Crippen LogP contribution in [0.4, 0.5) is 4.39 Å². The molecule has 0 atom stereocenters. The second kappa shape index (κ2) is 7.49. The van der Waals surface area contributed by atoms with Gasteiger partial charge in [-0.05, 0) is 24.6 Å². The summed E-state index contributed by atoms with van der Waals surface area (Å²) < 4.78 is 20.3. The highest BCUT2D eigenvalue weighted by atomic mass is 19.1. The van der Waals surface area contributed by atoms with Gasteiger partial charge in [-0.25, -0.2) is 9.18 Å². The zero-order chi connectivity index (χ0) is 22.4. The van der Waals surface area contributed by atoms with Crippen LogP contribution in [0.15, 0.2) is 76.5 Å². The van der Waals surface area contributed by atoms with Crippen LogP contribution in [0.25, 0.3) is 28.7 Å². The van der Waals surface area contributed by atoms with Gasteiger partial charge in [-0.2, -0.15) is 4.98 Å². The number of benzene rings is 2. The van der Waals surface area contributed by atoms with Crippen LogP contribution in [0.3, 0.4) is 0 Å². The first kappa shape index (κ1) is 19.7. The average Bonchev–Trinajstić information content (AvgIpc) is 3.30. The highest BCUT2D eigenvalue weighted by Crippen LogP contribution is 2.22. The lowest BCUT2D eigenvalue weighted by molar-refractivity contribution is 0.618. The van der Waals surface area contributed by atoms with Crippen molar-refractivity contribution in [3.05, 3.63) is 105 Å². The molecule has 0 aliphatic rings. The zero-order valence-corrected chi connectivity index (χ0v) is 17.6. The van der Waals surface area contributed by atoms with E-state index in [9.17, 15) is 14.0 Å². The molecule has 0 amide bonds. The third-order valence-electron chi connectivity index (χ3n) is 5.52. The molecule has 0 aliphatic heterocycles. The van der Waals surface area contributed by atoms with Crippen LogP contribution in [0.5, 0.6) is 0 Å². The first-order chi connectivity index (χ1) is 15.5. The van der Waals surface area contributed by atoms with E-state index in [2.05, 4.69) is 4.98 Å². The summed E-state index contributed by atoms with van der Waals surface area (Å²) in [6.45, 7) is 1.94. The number of nitrogens with zero attached hydrogens (tertiary/aromatic N) is 5. The largest absolute Gasteiger partial charge is 0.332 e. The number of allylic oxidation sites excluding steroid dienone is 1. The van der Waals surface area contributed by atoms with Crippen LogP contribution in [-0.4, -0.2) is 23.1 Å². The van der Waals surface area contributed by atoms with E-state index in [1.54, 1.807) is 46.5 Å². The summed E-state index contributed by atoms with van der Waals surface area (Å²) in [7, 11) is 1.58. The Bertz CT molecular complexity index is 1620. The number of aryl methyl sites for hydroxylation is 2. The van der Waals surface area contributed by atoms with Crippen molar-refractivity contribution in [1.29, 1.82) is 0 Å². The number of para-hydroxylation sites is 1. The van der Waals surface area contributed by atoms with E-state index in [0.717, 1.165) is 5.56 Å². The molecule has 3 aromatic heterocycles. The molecule has 160 valence electrons. The number of hydrogen-bond acceptors (Lipinski definition) is 3. The molecule has 0 saturated heterocycles. The molecule has 7 nitrogen and oxygen atoms in total. The van der Waals surface area contributed by atoms with Gasteiger partial charge in [0.15, 0.2) is 11.2 Å². The lowest BCUT2D eigenvalue weighted by atomic mass is 10.2. The van der Waals surface area contributed by atoms with Gasteiger partial charge in [0.05, 0.1) is 5.69 Å². The van der Waals surface area contributed by atoms with E-state index in [1.165, 1.54) is 15.2 Å². The Morgan fingerprint density at radius 1 is 1.03 bits per heavy atom.